The van der Waals surface area contributed by atoms with E-state index in [4.69, 9.17) is 21.7 Å². The lowest BCUT2D eigenvalue weighted by molar-refractivity contribution is -0.141. The fraction of sp³-hybridized carbons (Fsp3) is 0.880. The second-order valence-electron chi connectivity index (χ2n) is 8.85. The average Bonchev–Trinajstić information content (AvgIpc) is 2.77. The largest absolute Gasteiger partial charge is 0.480 e. The molecule has 0 saturated heterocycles. The van der Waals surface area contributed by atoms with Crippen LogP contribution in [0.15, 0.2) is 0 Å². The number of carbonyl (C=O) groups is 3. The van der Waals surface area contributed by atoms with Crippen LogP contribution in [0, 0.1) is 0 Å². The molecule has 7 N–H and O–H groups in total. The number of unbranched alkanes of at least 4 members (excludes halogenated alkanes) is 13. The number of aliphatic carboxylic acids is 2. The molecule has 0 rings (SSSR count). The summed E-state index contributed by atoms with van der Waals surface area (Å²) in [5.41, 5.74) is 10.4. The first-order chi connectivity index (χ1) is 15.8. The van der Waals surface area contributed by atoms with Gasteiger partial charge in [0, 0.05) is 6.42 Å². The number of carbonyl (C=O) groups excluding carboxylic acids is 1. The van der Waals surface area contributed by atoms with Crippen molar-refractivity contribution in [2.75, 3.05) is 6.54 Å². The molecule has 0 fully saturated rings. The van der Waals surface area contributed by atoms with Gasteiger partial charge >= 0.3 is 11.9 Å². The minimum Gasteiger partial charge on any atom is -0.480 e. The van der Waals surface area contributed by atoms with Crippen LogP contribution in [0.25, 0.3) is 0 Å². The van der Waals surface area contributed by atoms with E-state index >= 15 is 0 Å². The Kier molecular flexibility index (Phi) is 25.3. The molecule has 8 nitrogen and oxygen atoms in total. The highest BCUT2D eigenvalue weighted by atomic mass is 16.4. The summed E-state index contributed by atoms with van der Waals surface area (Å²) in [5, 5.41) is 19.5. The van der Waals surface area contributed by atoms with Gasteiger partial charge in [-0.3, -0.25) is 14.4 Å². The Morgan fingerprint density at radius 3 is 1.58 bits per heavy atom. The van der Waals surface area contributed by atoms with E-state index < -0.39 is 24.0 Å². The lowest BCUT2D eigenvalue weighted by atomic mass is 10.0. The normalized spacial score (nSPS) is 12.4. The molecule has 0 aliphatic rings. The number of nitrogens with one attached hydrogen (secondary N) is 1. The minimum atomic E-state index is -0.983. The first-order valence-corrected chi connectivity index (χ1v) is 13.0. The lowest BCUT2D eigenvalue weighted by Crippen LogP contribution is -2.38. The molecule has 0 aromatic rings. The molecular weight excluding hydrogens is 422 g/mol. The molecule has 0 heterocycles. The Hall–Kier alpha value is -1.67. The number of amides is 1. The van der Waals surface area contributed by atoms with Crippen molar-refractivity contribution in [3.8, 4) is 0 Å². The van der Waals surface area contributed by atoms with Crippen LogP contribution in [0.1, 0.15) is 123 Å². The van der Waals surface area contributed by atoms with Gasteiger partial charge in [-0.2, -0.15) is 0 Å². The van der Waals surface area contributed by atoms with Crippen molar-refractivity contribution in [2.45, 2.75) is 135 Å². The van der Waals surface area contributed by atoms with E-state index in [1.165, 1.54) is 77.6 Å². The van der Waals surface area contributed by atoms with Crippen LogP contribution >= 0.6 is 0 Å². The van der Waals surface area contributed by atoms with Crippen LogP contribution in [-0.4, -0.2) is 46.7 Å². The van der Waals surface area contributed by atoms with E-state index in [2.05, 4.69) is 12.2 Å². The van der Waals surface area contributed by atoms with E-state index in [-0.39, 0.29) is 5.91 Å². The van der Waals surface area contributed by atoms with E-state index in [1.54, 1.807) is 0 Å². The third kappa shape index (κ3) is 26.5. The van der Waals surface area contributed by atoms with Crippen molar-refractivity contribution in [1.29, 1.82) is 0 Å². The maximum Gasteiger partial charge on any atom is 0.325 e. The van der Waals surface area contributed by atoms with Gasteiger partial charge in [-0.05, 0) is 32.7 Å². The van der Waals surface area contributed by atoms with Gasteiger partial charge in [0.05, 0.1) is 0 Å². The number of carboxylic acid groups (broad SMARTS) is 2. The maximum atomic E-state index is 11.5. The molecule has 0 bridgehead atoms. The van der Waals surface area contributed by atoms with Crippen molar-refractivity contribution >= 4 is 17.8 Å². The van der Waals surface area contributed by atoms with Gasteiger partial charge in [-0.1, -0.05) is 90.4 Å². The maximum absolute atomic E-state index is 11.5. The van der Waals surface area contributed by atoms with E-state index in [0.717, 1.165) is 25.7 Å². The Balaban J connectivity index is 0. The minimum absolute atomic E-state index is 0.150. The number of rotatable bonds is 21. The summed E-state index contributed by atoms with van der Waals surface area (Å²) in [7, 11) is 0. The lowest BCUT2D eigenvalue weighted by Gasteiger charge is -2.08. The van der Waals surface area contributed by atoms with E-state index in [0.29, 0.717) is 19.4 Å². The summed E-state index contributed by atoms with van der Waals surface area (Å²) < 4.78 is 0. The molecular formula is C25H51N3O5. The molecule has 1 amide bonds. The number of hydrogen-bond donors (Lipinski definition) is 5. The Morgan fingerprint density at radius 1 is 0.727 bits per heavy atom. The first-order valence-electron chi connectivity index (χ1n) is 13.0. The van der Waals surface area contributed by atoms with Crippen LogP contribution in [-0.2, 0) is 14.4 Å². The van der Waals surface area contributed by atoms with Crippen molar-refractivity contribution in [1.82, 2.24) is 5.32 Å². The molecule has 0 aliphatic heterocycles. The summed E-state index contributed by atoms with van der Waals surface area (Å²) in [6.45, 7) is 4.35. The molecule has 8 heteroatoms. The molecule has 0 radical (unpaired) electrons. The number of nitrogens with two attached hydrogens (primary N) is 2. The van der Waals surface area contributed by atoms with Gasteiger partial charge in [0.25, 0.3) is 0 Å². The van der Waals surface area contributed by atoms with Crippen molar-refractivity contribution in [2.24, 2.45) is 11.5 Å². The van der Waals surface area contributed by atoms with Gasteiger partial charge in [-0.15, -0.1) is 0 Å². The Labute approximate surface area is 201 Å². The van der Waals surface area contributed by atoms with Crippen molar-refractivity contribution in [3.05, 3.63) is 0 Å². The number of carboxylic acids is 2. The third-order valence-electron chi connectivity index (χ3n) is 5.54. The highest BCUT2D eigenvalue weighted by Crippen LogP contribution is 2.12. The molecule has 33 heavy (non-hydrogen) atoms. The summed E-state index contributed by atoms with van der Waals surface area (Å²) in [6.07, 6.45) is 19.2. The predicted octanol–water partition coefficient (Wildman–Crippen LogP) is 4.58. The highest BCUT2D eigenvalue weighted by Gasteiger charge is 2.13. The summed E-state index contributed by atoms with van der Waals surface area (Å²) in [6, 6.07) is -1.50. The topological polar surface area (TPSA) is 156 Å². The summed E-state index contributed by atoms with van der Waals surface area (Å²) in [4.78, 5) is 32.2. The molecule has 0 aromatic heterocycles. The second kappa shape index (κ2) is 25.0. The van der Waals surface area contributed by atoms with Gasteiger partial charge < -0.3 is 27.0 Å². The average molecular weight is 474 g/mol. The Bertz CT molecular complexity index is 489. The monoisotopic (exact) mass is 473 g/mol. The first kappa shape index (κ1) is 33.5. The van der Waals surface area contributed by atoms with Crippen LogP contribution in [0.3, 0.4) is 0 Å². The quantitative estimate of drug-likeness (QED) is 0.153. The molecule has 2 atom stereocenters. The van der Waals surface area contributed by atoms with Crippen LogP contribution in [0.2, 0.25) is 0 Å². The van der Waals surface area contributed by atoms with Crippen LogP contribution in [0.4, 0.5) is 0 Å². The van der Waals surface area contributed by atoms with Gasteiger partial charge in [0.15, 0.2) is 0 Å². The SMILES string of the molecule is CCCCCCCCCCCCCCCC(=O)NC(C)C(=O)O.NCCCC[C@H](N)C(=O)O. The molecule has 0 saturated carbocycles. The van der Waals surface area contributed by atoms with E-state index in [9.17, 15) is 14.4 Å². The van der Waals surface area contributed by atoms with Crippen LogP contribution < -0.4 is 16.8 Å². The molecule has 1 unspecified atom stereocenters. The fourth-order valence-corrected chi connectivity index (χ4v) is 3.31. The highest BCUT2D eigenvalue weighted by molar-refractivity contribution is 5.83. The fourth-order valence-electron chi connectivity index (χ4n) is 3.31. The third-order valence-corrected chi connectivity index (χ3v) is 5.54. The molecule has 196 valence electrons. The zero-order chi connectivity index (χ0) is 25.3. The molecule has 0 aromatic carbocycles. The van der Waals surface area contributed by atoms with Gasteiger partial charge in [-0.25, -0.2) is 0 Å². The molecule has 0 spiro atoms. The second-order valence-corrected chi connectivity index (χ2v) is 8.85. The van der Waals surface area contributed by atoms with Gasteiger partial charge in [0.1, 0.15) is 12.1 Å². The molecule has 0 aliphatic carbocycles. The van der Waals surface area contributed by atoms with Crippen LogP contribution in [0.5, 0.6) is 0 Å². The van der Waals surface area contributed by atoms with Gasteiger partial charge in [0.2, 0.25) is 5.91 Å². The summed E-state index contributed by atoms with van der Waals surface area (Å²) >= 11 is 0. The Morgan fingerprint density at radius 2 is 1.18 bits per heavy atom. The number of hydrogen-bond acceptors (Lipinski definition) is 5. The predicted molar refractivity (Wildman–Crippen MR) is 134 cm³/mol. The smallest absolute Gasteiger partial charge is 0.325 e. The van der Waals surface area contributed by atoms with E-state index in [1.807, 2.05) is 0 Å². The summed E-state index contributed by atoms with van der Waals surface area (Å²) in [5.74, 6) is -2.07. The van der Waals surface area contributed by atoms with Crippen molar-refractivity contribution < 1.29 is 24.6 Å². The standard InChI is InChI=1S/C19H37NO3.C6H14N2O2/c1-3-4-5-6-7-8-9-10-11-12-13-14-15-16-18(21)20-17(2)19(22)23;7-4-2-1-3-5(8)6(9)10/h17H,3-16H2,1-2H3,(H,20,21)(H,22,23);5H,1-4,7-8H2,(H,9,10)/t;5-/m.0/s1. The van der Waals surface area contributed by atoms with Crippen molar-refractivity contribution in [3.63, 3.8) is 0 Å². The zero-order valence-corrected chi connectivity index (χ0v) is 21.2. The zero-order valence-electron chi connectivity index (χ0n) is 21.2.